The smallest absolute Gasteiger partial charge is 0.336 e. The summed E-state index contributed by atoms with van der Waals surface area (Å²) in [5.74, 6) is 0. The Kier molecular flexibility index (Phi) is 2.91. The summed E-state index contributed by atoms with van der Waals surface area (Å²) in [6.07, 6.45) is 2.53. The third kappa shape index (κ3) is 1.68. The SMILES string of the molecule is Cc1c2oc(=O)cc(C)c2c(C)c2c(CCN)coc12. The maximum absolute atomic E-state index is 11.6. The van der Waals surface area contributed by atoms with E-state index in [1.807, 2.05) is 20.8 Å². The fourth-order valence-corrected chi connectivity index (χ4v) is 2.99. The van der Waals surface area contributed by atoms with Gasteiger partial charge in [0.1, 0.15) is 11.2 Å². The minimum Gasteiger partial charge on any atom is -0.464 e. The molecule has 1 aromatic carbocycles. The topological polar surface area (TPSA) is 69.4 Å². The van der Waals surface area contributed by atoms with Gasteiger partial charge in [0.05, 0.1) is 6.26 Å². The molecule has 3 aromatic rings. The molecule has 0 aliphatic heterocycles. The Balaban J connectivity index is 2.56. The van der Waals surface area contributed by atoms with Crippen LogP contribution in [0.1, 0.15) is 22.3 Å². The number of hydrogen-bond acceptors (Lipinski definition) is 4. The lowest BCUT2D eigenvalue weighted by molar-refractivity contribution is 0.554. The molecule has 4 heteroatoms. The van der Waals surface area contributed by atoms with Crippen LogP contribution in [0.3, 0.4) is 0 Å². The van der Waals surface area contributed by atoms with Crippen LogP contribution in [0.25, 0.3) is 21.9 Å². The van der Waals surface area contributed by atoms with Crippen LogP contribution in [0, 0.1) is 20.8 Å². The molecule has 0 aliphatic carbocycles. The summed E-state index contributed by atoms with van der Waals surface area (Å²) >= 11 is 0. The van der Waals surface area contributed by atoms with E-state index < -0.39 is 0 Å². The molecule has 0 atom stereocenters. The lowest BCUT2D eigenvalue weighted by atomic mass is 9.96. The fraction of sp³-hybridized carbons (Fsp3) is 0.312. The van der Waals surface area contributed by atoms with Crippen LogP contribution < -0.4 is 11.4 Å². The van der Waals surface area contributed by atoms with Crippen molar-refractivity contribution >= 4 is 21.9 Å². The van der Waals surface area contributed by atoms with Crippen LogP contribution in [-0.4, -0.2) is 6.54 Å². The minimum absolute atomic E-state index is 0.328. The number of rotatable bonds is 2. The first-order chi connectivity index (χ1) is 9.54. The van der Waals surface area contributed by atoms with Gasteiger partial charge in [0.15, 0.2) is 0 Å². The van der Waals surface area contributed by atoms with Crippen LogP contribution in [-0.2, 0) is 6.42 Å². The molecule has 2 aromatic heterocycles. The standard InChI is InChI=1S/C16H17NO3/c1-8-6-12(18)20-16-10(3)15-14(9(2)13(8)16)11(4-5-17)7-19-15/h6-7H,4-5,17H2,1-3H3. The molecule has 0 bridgehead atoms. The van der Waals surface area contributed by atoms with Crippen molar-refractivity contribution in [3.05, 3.63) is 45.0 Å². The van der Waals surface area contributed by atoms with E-state index in [9.17, 15) is 4.79 Å². The van der Waals surface area contributed by atoms with Gasteiger partial charge in [-0.2, -0.15) is 0 Å². The van der Waals surface area contributed by atoms with Crippen LogP contribution in [0.4, 0.5) is 0 Å². The molecule has 0 spiro atoms. The van der Waals surface area contributed by atoms with E-state index in [-0.39, 0.29) is 5.63 Å². The molecule has 0 amide bonds. The molecule has 0 radical (unpaired) electrons. The number of aryl methyl sites for hydroxylation is 3. The molecule has 3 rings (SSSR count). The van der Waals surface area contributed by atoms with Crippen molar-refractivity contribution in [1.82, 2.24) is 0 Å². The summed E-state index contributed by atoms with van der Waals surface area (Å²) in [5.41, 5.74) is 10.7. The number of fused-ring (bicyclic) bond motifs is 2. The highest BCUT2D eigenvalue weighted by Gasteiger charge is 2.18. The summed E-state index contributed by atoms with van der Waals surface area (Å²) in [5, 5.41) is 2.09. The molecule has 4 nitrogen and oxygen atoms in total. The zero-order valence-corrected chi connectivity index (χ0v) is 11.9. The molecule has 104 valence electrons. The van der Waals surface area contributed by atoms with Crippen molar-refractivity contribution in [1.29, 1.82) is 0 Å². The van der Waals surface area contributed by atoms with Gasteiger partial charge >= 0.3 is 5.63 Å². The molecule has 2 heterocycles. The van der Waals surface area contributed by atoms with Gasteiger partial charge in [-0.3, -0.25) is 0 Å². The third-order valence-electron chi connectivity index (χ3n) is 3.87. The zero-order chi connectivity index (χ0) is 14.4. The first kappa shape index (κ1) is 12.9. The average molecular weight is 271 g/mol. The molecule has 0 unspecified atom stereocenters. The van der Waals surface area contributed by atoms with Crippen molar-refractivity contribution in [2.45, 2.75) is 27.2 Å². The van der Waals surface area contributed by atoms with Crippen molar-refractivity contribution in [2.24, 2.45) is 5.73 Å². The first-order valence-corrected chi connectivity index (χ1v) is 6.68. The highest BCUT2D eigenvalue weighted by molar-refractivity contribution is 6.03. The Morgan fingerprint density at radius 1 is 1.10 bits per heavy atom. The highest BCUT2D eigenvalue weighted by Crippen LogP contribution is 2.35. The average Bonchev–Trinajstić information content (AvgIpc) is 2.80. The quantitative estimate of drug-likeness (QED) is 0.727. The molecule has 0 saturated heterocycles. The largest absolute Gasteiger partial charge is 0.464 e. The van der Waals surface area contributed by atoms with Gasteiger partial charge in [-0.05, 0) is 50.4 Å². The molecule has 0 fully saturated rings. The summed E-state index contributed by atoms with van der Waals surface area (Å²) in [7, 11) is 0. The number of hydrogen-bond donors (Lipinski definition) is 1. The second-order valence-corrected chi connectivity index (χ2v) is 5.21. The van der Waals surface area contributed by atoms with Crippen molar-refractivity contribution < 1.29 is 8.83 Å². The zero-order valence-electron chi connectivity index (χ0n) is 11.9. The Morgan fingerprint density at radius 3 is 2.55 bits per heavy atom. The van der Waals surface area contributed by atoms with E-state index in [2.05, 4.69) is 0 Å². The van der Waals surface area contributed by atoms with Gasteiger partial charge in [-0.1, -0.05) is 0 Å². The molecule has 20 heavy (non-hydrogen) atoms. The Bertz CT molecular complexity index is 871. The highest BCUT2D eigenvalue weighted by atomic mass is 16.4. The van der Waals surface area contributed by atoms with Gasteiger partial charge < -0.3 is 14.6 Å². The van der Waals surface area contributed by atoms with E-state index in [0.717, 1.165) is 45.0 Å². The van der Waals surface area contributed by atoms with E-state index in [1.54, 1.807) is 6.26 Å². The van der Waals surface area contributed by atoms with Gasteiger partial charge in [0.2, 0.25) is 0 Å². The summed E-state index contributed by atoms with van der Waals surface area (Å²) in [4.78, 5) is 11.6. The second-order valence-electron chi connectivity index (χ2n) is 5.21. The lowest BCUT2D eigenvalue weighted by Crippen LogP contribution is -2.03. The van der Waals surface area contributed by atoms with E-state index in [1.165, 1.54) is 6.07 Å². The molecule has 0 aliphatic rings. The van der Waals surface area contributed by atoms with Crippen molar-refractivity contribution in [2.75, 3.05) is 6.54 Å². The maximum Gasteiger partial charge on any atom is 0.336 e. The monoisotopic (exact) mass is 271 g/mol. The summed E-state index contributed by atoms with van der Waals surface area (Å²) in [6, 6.07) is 1.53. The fourth-order valence-electron chi connectivity index (χ4n) is 2.99. The van der Waals surface area contributed by atoms with E-state index in [0.29, 0.717) is 12.1 Å². The number of nitrogens with two attached hydrogens (primary N) is 1. The van der Waals surface area contributed by atoms with Crippen LogP contribution in [0.2, 0.25) is 0 Å². The van der Waals surface area contributed by atoms with Crippen molar-refractivity contribution in [3.63, 3.8) is 0 Å². The van der Waals surface area contributed by atoms with Crippen LogP contribution in [0.15, 0.2) is 26.0 Å². The number of benzene rings is 1. The van der Waals surface area contributed by atoms with E-state index >= 15 is 0 Å². The third-order valence-corrected chi connectivity index (χ3v) is 3.87. The molecular formula is C16H17NO3. The predicted molar refractivity (Wildman–Crippen MR) is 79.2 cm³/mol. The predicted octanol–water partition coefficient (Wildman–Crippen LogP) is 2.97. The molecule has 0 saturated carbocycles. The van der Waals surface area contributed by atoms with Gasteiger partial charge in [-0.15, -0.1) is 0 Å². The Labute approximate surface area is 116 Å². The molecular weight excluding hydrogens is 254 g/mol. The van der Waals surface area contributed by atoms with Gasteiger partial charge in [-0.25, -0.2) is 4.79 Å². The normalized spacial score (nSPS) is 11.6. The summed E-state index contributed by atoms with van der Waals surface area (Å²) < 4.78 is 11.1. The number of furan rings is 1. The lowest BCUT2D eigenvalue weighted by Gasteiger charge is -2.09. The maximum atomic E-state index is 11.6. The Morgan fingerprint density at radius 2 is 1.85 bits per heavy atom. The first-order valence-electron chi connectivity index (χ1n) is 6.68. The second kappa shape index (κ2) is 4.49. The summed E-state index contributed by atoms with van der Waals surface area (Å²) in [6.45, 7) is 6.46. The van der Waals surface area contributed by atoms with E-state index in [4.69, 9.17) is 14.6 Å². The minimum atomic E-state index is -0.328. The van der Waals surface area contributed by atoms with Crippen LogP contribution in [0.5, 0.6) is 0 Å². The van der Waals surface area contributed by atoms with Crippen molar-refractivity contribution in [3.8, 4) is 0 Å². The molecule has 2 N–H and O–H groups in total. The van der Waals surface area contributed by atoms with Crippen LogP contribution >= 0.6 is 0 Å². The van der Waals surface area contributed by atoms with Gasteiger partial charge in [0, 0.05) is 22.4 Å². The van der Waals surface area contributed by atoms with Gasteiger partial charge in [0.25, 0.3) is 0 Å². The Hall–Kier alpha value is -2.07.